The first-order chi connectivity index (χ1) is 48.2. The molecule has 0 heterocycles. The molecular formula is C81H158O17P2. The summed E-state index contributed by atoms with van der Waals surface area (Å²) in [7, 11) is -9.92. The van der Waals surface area contributed by atoms with Crippen LogP contribution in [0.15, 0.2) is 0 Å². The fourth-order valence-corrected chi connectivity index (χ4v) is 14.1. The van der Waals surface area contributed by atoms with Crippen LogP contribution in [0.3, 0.4) is 0 Å². The average Bonchev–Trinajstić information content (AvgIpc) is 1.01. The highest BCUT2D eigenvalue weighted by atomic mass is 31.2. The zero-order valence-corrected chi connectivity index (χ0v) is 67.5. The lowest BCUT2D eigenvalue weighted by Gasteiger charge is -2.21. The van der Waals surface area contributed by atoms with Crippen molar-refractivity contribution in [2.24, 2.45) is 17.8 Å². The molecule has 0 saturated carbocycles. The number of phosphoric acid groups is 2. The number of hydrogen-bond donors (Lipinski definition) is 3. The number of unbranched alkanes of at least 4 members (excludes halogenated alkanes) is 47. The summed E-state index contributed by atoms with van der Waals surface area (Å²) in [5.74, 6) is 0.229. The lowest BCUT2D eigenvalue weighted by Crippen LogP contribution is -2.30. The second-order valence-corrected chi connectivity index (χ2v) is 33.5. The predicted octanol–water partition coefficient (Wildman–Crippen LogP) is 24.1. The highest BCUT2D eigenvalue weighted by Crippen LogP contribution is 2.45. The molecule has 5 atom stereocenters. The second-order valence-electron chi connectivity index (χ2n) is 30.6. The van der Waals surface area contributed by atoms with Crippen LogP contribution in [-0.2, 0) is 65.4 Å². The normalized spacial score (nSPS) is 14.0. The summed E-state index contributed by atoms with van der Waals surface area (Å²) < 4.78 is 68.8. The Morgan fingerprint density at radius 3 is 0.680 bits per heavy atom. The van der Waals surface area contributed by atoms with E-state index in [0.29, 0.717) is 25.7 Å². The summed E-state index contributed by atoms with van der Waals surface area (Å²) in [6.07, 6.45) is 59.5. The Bertz CT molecular complexity index is 1940. The SMILES string of the molecule is CCCCCCCCCCCCCCCCC(=O)O[C@H](COC(=O)CCCCCCCCCCCC(C)C)COP(=O)(O)OC[C@H](O)COP(=O)(O)OC[C@@H](COC(=O)CCCCCCCCCCCCCCCC(C)C)OC(=O)CCCCCCCCCCCCCCCCCC(C)C. The third-order valence-electron chi connectivity index (χ3n) is 18.9. The van der Waals surface area contributed by atoms with Crippen LogP contribution in [-0.4, -0.2) is 96.7 Å². The van der Waals surface area contributed by atoms with Crippen molar-refractivity contribution >= 4 is 39.5 Å². The number of hydrogen-bond acceptors (Lipinski definition) is 15. The lowest BCUT2D eigenvalue weighted by atomic mass is 10.0. The Morgan fingerprint density at radius 1 is 0.270 bits per heavy atom. The molecule has 0 aromatic carbocycles. The number of esters is 4. The van der Waals surface area contributed by atoms with Crippen LogP contribution in [0.4, 0.5) is 0 Å². The van der Waals surface area contributed by atoms with Gasteiger partial charge in [0, 0.05) is 25.7 Å². The van der Waals surface area contributed by atoms with E-state index in [-0.39, 0.29) is 25.7 Å². The molecular weight excluding hydrogens is 1310 g/mol. The minimum atomic E-state index is -4.96. The Balaban J connectivity index is 5.26. The van der Waals surface area contributed by atoms with Crippen LogP contribution in [0.1, 0.15) is 421 Å². The number of carbonyl (C=O) groups excluding carboxylic acids is 4. The highest BCUT2D eigenvalue weighted by molar-refractivity contribution is 7.47. The third kappa shape index (κ3) is 74.3. The first-order valence-electron chi connectivity index (χ1n) is 41.8. The molecule has 0 aliphatic carbocycles. The van der Waals surface area contributed by atoms with Crippen LogP contribution in [0.2, 0.25) is 0 Å². The van der Waals surface area contributed by atoms with E-state index in [1.165, 1.54) is 231 Å². The largest absolute Gasteiger partial charge is 0.472 e. The van der Waals surface area contributed by atoms with Gasteiger partial charge < -0.3 is 33.8 Å². The summed E-state index contributed by atoms with van der Waals surface area (Å²) in [5, 5.41) is 10.6. The molecule has 0 rings (SSSR count). The monoisotopic (exact) mass is 1470 g/mol. The maximum Gasteiger partial charge on any atom is 0.472 e. The molecule has 100 heavy (non-hydrogen) atoms. The summed E-state index contributed by atoms with van der Waals surface area (Å²) in [4.78, 5) is 73.1. The molecule has 0 aliphatic heterocycles. The van der Waals surface area contributed by atoms with Crippen LogP contribution in [0.25, 0.3) is 0 Å². The van der Waals surface area contributed by atoms with E-state index >= 15 is 0 Å². The van der Waals surface area contributed by atoms with Crippen LogP contribution in [0, 0.1) is 17.8 Å². The first kappa shape index (κ1) is 98.1. The third-order valence-corrected chi connectivity index (χ3v) is 20.8. The van der Waals surface area contributed by atoms with Gasteiger partial charge in [0.1, 0.15) is 19.3 Å². The predicted molar refractivity (Wildman–Crippen MR) is 409 cm³/mol. The molecule has 0 spiro atoms. The van der Waals surface area contributed by atoms with Crippen molar-refractivity contribution in [3.8, 4) is 0 Å². The quantitative estimate of drug-likeness (QED) is 0.0222. The Kier molecular flexibility index (Phi) is 69.9. The molecule has 0 saturated heterocycles. The van der Waals surface area contributed by atoms with E-state index in [1.54, 1.807) is 0 Å². The van der Waals surface area contributed by atoms with E-state index in [4.69, 9.17) is 37.0 Å². The lowest BCUT2D eigenvalue weighted by molar-refractivity contribution is -0.161. The highest BCUT2D eigenvalue weighted by Gasteiger charge is 2.30. The van der Waals surface area contributed by atoms with Crippen molar-refractivity contribution in [3.63, 3.8) is 0 Å². The van der Waals surface area contributed by atoms with Gasteiger partial charge in [-0.2, -0.15) is 0 Å². The molecule has 19 heteroatoms. The molecule has 0 aliphatic rings. The van der Waals surface area contributed by atoms with Crippen molar-refractivity contribution in [2.75, 3.05) is 39.6 Å². The molecule has 0 amide bonds. The van der Waals surface area contributed by atoms with Gasteiger partial charge >= 0.3 is 39.5 Å². The summed E-state index contributed by atoms with van der Waals surface area (Å²) >= 11 is 0. The standard InChI is InChI=1S/C81H158O17P2/c1-8-9-10-11-12-13-14-15-22-28-35-43-50-57-64-80(85)98-77(69-92-79(84)63-56-49-42-37-30-33-40-47-54-61-74(6)7)71-96-100(89,90)94-67-75(82)66-93-99(87,88)95-70-76(68-91-78(83)62-55-48-41-34-27-24-19-21-26-32-39-46-53-60-73(4)5)97-81(86)65-58-51-44-36-29-23-18-16-17-20-25-31-38-45-52-59-72(2)3/h72-77,82H,8-71H2,1-7H3,(H,87,88)(H,89,90)/t75-,76-,77-/m1/s1. The van der Waals surface area contributed by atoms with E-state index in [1.807, 2.05) is 0 Å². The first-order valence-corrected chi connectivity index (χ1v) is 44.8. The van der Waals surface area contributed by atoms with E-state index < -0.39 is 97.5 Å². The van der Waals surface area contributed by atoms with Crippen molar-refractivity contribution in [2.45, 2.75) is 439 Å². The van der Waals surface area contributed by atoms with Gasteiger partial charge in [0.25, 0.3) is 0 Å². The Morgan fingerprint density at radius 2 is 0.460 bits per heavy atom. The molecule has 2 unspecified atom stereocenters. The molecule has 0 bridgehead atoms. The topological polar surface area (TPSA) is 237 Å². The number of phosphoric ester groups is 2. The van der Waals surface area contributed by atoms with Crippen molar-refractivity contribution in [1.29, 1.82) is 0 Å². The summed E-state index contributed by atoms with van der Waals surface area (Å²) in [6.45, 7) is 12.0. The van der Waals surface area contributed by atoms with E-state index in [2.05, 4.69) is 48.5 Å². The average molecular weight is 1470 g/mol. The van der Waals surface area contributed by atoms with Gasteiger partial charge in [-0.3, -0.25) is 37.3 Å². The van der Waals surface area contributed by atoms with Gasteiger partial charge in [-0.05, 0) is 43.4 Å². The molecule has 3 N–H and O–H groups in total. The number of aliphatic hydroxyl groups is 1. The van der Waals surface area contributed by atoms with Crippen LogP contribution < -0.4 is 0 Å². The van der Waals surface area contributed by atoms with Crippen molar-refractivity contribution in [1.82, 2.24) is 0 Å². The van der Waals surface area contributed by atoms with E-state index in [0.717, 1.165) is 108 Å². The number of aliphatic hydroxyl groups excluding tert-OH is 1. The zero-order valence-electron chi connectivity index (χ0n) is 65.7. The maximum atomic E-state index is 13.1. The second kappa shape index (κ2) is 71.3. The minimum Gasteiger partial charge on any atom is -0.462 e. The zero-order chi connectivity index (χ0) is 73.7. The smallest absolute Gasteiger partial charge is 0.462 e. The summed E-state index contributed by atoms with van der Waals surface area (Å²) in [6, 6.07) is 0. The van der Waals surface area contributed by atoms with Gasteiger partial charge in [-0.25, -0.2) is 9.13 Å². The Labute approximate surface area is 613 Å². The van der Waals surface area contributed by atoms with Crippen LogP contribution in [0.5, 0.6) is 0 Å². The van der Waals surface area contributed by atoms with Crippen molar-refractivity contribution < 1.29 is 80.2 Å². The molecule has 0 aromatic rings. The van der Waals surface area contributed by atoms with Gasteiger partial charge in [0.2, 0.25) is 0 Å². The fraction of sp³-hybridized carbons (Fsp3) is 0.951. The van der Waals surface area contributed by atoms with E-state index in [9.17, 15) is 43.2 Å². The minimum absolute atomic E-state index is 0.107. The number of ether oxygens (including phenoxy) is 4. The number of rotatable bonds is 79. The molecule has 0 radical (unpaired) electrons. The van der Waals surface area contributed by atoms with Crippen molar-refractivity contribution in [3.05, 3.63) is 0 Å². The summed E-state index contributed by atoms with van der Waals surface area (Å²) in [5.41, 5.74) is 0. The van der Waals surface area contributed by atoms with Gasteiger partial charge in [0.15, 0.2) is 12.2 Å². The van der Waals surface area contributed by atoms with Gasteiger partial charge in [-0.1, -0.05) is 370 Å². The van der Waals surface area contributed by atoms with Crippen LogP contribution >= 0.6 is 15.6 Å². The fourth-order valence-electron chi connectivity index (χ4n) is 12.5. The molecule has 0 aromatic heterocycles. The Hall–Kier alpha value is -1.94. The molecule has 0 fully saturated rings. The van der Waals surface area contributed by atoms with Gasteiger partial charge in [-0.15, -0.1) is 0 Å². The number of carbonyl (C=O) groups is 4. The molecule has 17 nitrogen and oxygen atoms in total. The van der Waals surface area contributed by atoms with Gasteiger partial charge in [0.05, 0.1) is 26.4 Å². The molecule has 594 valence electrons. The maximum absolute atomic E-state index is 13.1.